The fourth-order valence-corrected chi connectivity index (χ4v) is 5.22. The molecular weight excluding hydrogens is 288 g/mol. The van der Waals surface area contributed by atoms with Crippen LogP contribution < -0.4 is 10.6 Å². The Morgan fingerprint density at radius 1 is 1.38 bits per heavy atom. The number of nitrogens with one attached hydrogen (secondary N) is 2. The Kier molecular flexibility index (Phi) is 3.43. The molecule has 0 spiro atoms. The van der Waals surface area contributed by atoms with Crippen LogP contribution >= 0.6 is 0 Å². The standard InChI is InChI=1S/C15H20N2O3S/c1-15(8-9-21(19,20)10-15)17-14(18)13-7-6-11-4-2-3-5-12(11)16-13/h2-5,13,16H,6-10H2,1H3,(H,17,18). The number of amides is 1. The van der Waals surface area contributed by atoms with Gasteiger partial charge < -0.3 is 10.6 Å². The molecule has 0 radical (unpaired) electrons. The maximum absolute atomic E-state index is 12.4. The molecule has 5 nitrogen and oxygen atoms in total. The zero-order valence-corrected chi connectivity index (χ0v) is 12.9. The summed E-state index contributed by atoms with van der Waals surface area (Å²) in [5.74, 6) is 0.0869. The van der Waals surface area contributed by atoms with Gasteiger partial charge in [-0.2, -0.15) is 0 Å². The normalized spacial score (nSPS) is 30.2. The zero-order valence-electron chi connectivity index (χ0n) is 12.1. The van der Waals surface area contributed by atoms with Gasteiger partial charge in [-0.15, -0.1) is 0 Å². The highest BCUT2D eigenvalue weighted by molar-refractivity contribution is 7.91. The SMILES string of the molecule is CC1(NC(=O)C2CCc3ccccc3N2)CCS(=O)(=O)C1. The maximum Gasteiger partial charge on any atom is 0.242 e. The lowest BCUT2D eigenvalue weighted by Gasteiger charge is -2.30. The largest absolute Gasteiger partial charge is 0.373 e. The molecule has 0 aromatic heterocycles. The van der Waals surface area contributed by atoms with E-state index < -0.39 is 15.4 Å². The Morgan fingerprint density at radius 3 is 2.86 bits per heavy atom. The minimum absolute atomic E-state index is 0.0368. The van der Waals surface area contributed by atoms with Gasteiger partial charge in [0.1, 0.15) is 6.04 Å². The van der Waals surface area contributed by atoms with Gasteiger partial charge in [0.05, 0.1) is 17.0 Å². The second kappa shape index (κ2) is 5.02. The van der Waals surface area contributed by atoms with Crippen molar-refractivity contribution in [3.8, 4) is 0 Å². The molecule has 1 aromatic rings. The number of hydrogen-bond donors (Lipinski definition) is 2. The number of benzene rings is 1. The van der Waals surface area contributed by atoms with Crippen molar-refractivity contribution in [2.24, 2.45) is 0 Å². The van der Waals surface area contributed by atoms with Crippen molar-refractivity contribution >= 4 is 21.4 Å². The molecule has 1 saturated heterocycles. The third kappa shape index (κ3) is 3.05. The van der Waals surface area contributed by atoms with Crippen LogP contribution in [0.3, 0.4) is 0 Å². The Hall–Kier alpha value is -1.56. The number of rotatable bonds is 2. The number of hydrogen-bond acceptors (Lipinski definition) is 4. The van der Waals surface area contributed by atoms with Crippen LogP contribution in [0.2, 0.25) is 0 Å². The lowest BCUT2D eigenvalue weighted by Crippen LogP contribution is -2.53. The minimum atomic E-state index is -3.01. The second-order valence-corrected chi connectivity index (χ2v) is 8.47. The smallest absolute Gasteiger partial charge is 0.242 e. The maximum atomic E-state index is 12.4. The van der Waals surface area contributed by atoms with Gasteiger partial charge in [-0.25, -0.2) is 8.42 Å². The van der Waals surface area contributed by atoms with Crippen LogP contribution in [0.15, 0.2) is 24.3 Å². The third-order valence-electron chi connectivity index (χ3n) is 4.29. The van der Waals surface area contributed by atoms with Crippen molar-refractivity contribution in [2.75, 3.05) is 16.8 Å². The first kappa shape index (κ1) is 14.4. The molecule has 2 aliphatic rings. The summed E-state index contributed by atoms with van der Waals surface area (Å²) in [7, 11) is -3.01. The van der Waals surface area contributed by atoms with Crippen LogP contribution in [-0.4, -0.2) is 37.4 Å². The summed E-state index contributed by atoms with van der Waals surface area (Å²) in [5, 5.41) is 6.18. The topological polar surface area (TPSA) is 75.3 Å². The molecule has 0 aliphatic carbocycles. The average Bonchev–Trinajstić information content (AvgIpc) is 2.71. The summed E-state index contributed by atoms with van der Waals surface area (Å²) in [4.78, 5) is 12.4. The molecule has 2 unspecified atom stereocenters. The van der Waals surface area contributed by atoms with E-state index in [1.807, 2.05) is 25.1 Å². The number of fused-ring (bicyclic) bond motifs is 1. The van der Waals surface area contributed by atoms with Gasteiger partial charge in [0, 0.05) is 5.69 Å². The quantitative estimate of drug-likeness (QED) is 0.858. The molecule has 114 valence electrons. The van der Waals surface area contributed by atoms with Gasteiger partial charge in [0.2, 0.25) is 5.91 Å². The van der Waals surface area contributed by atoms with Crippen LogP contribution in [0.1, 0.15) is 25.3 Å². The van der Waals surface area contributed by atoms with E-state index in [0.29, 0.717) is 6.42 Å². The van der Waals surface area contributed by atoms with E-state index in [0.717, 1.165) is 18.5 Å². The minimum Gasteiger partial charge on any atom is -0.373 e. The molecule has 1 amide bonds. The van der Waals surface area contributed by atoms with E-state index in [4.69, 9.17) is 0 Å². The van der Waals surface area contributed by atoms with Crippen molar-refractivity contribution in [1.29, 1.82) is 0 Å². The number of anilines is 1. The summed E-state index contributed by atoms with van der Waals surface area (Å²) < 4.78 is 23.2. The summed E-state index contributed by atoms with van der Waals surface area (Å²) in [5.41, 5.74) is 1.58. The summed E-state index contributed by atoms with van der Waals surface area (Å²) in [6.45, 7) is 1.81. The van der Waals surface area contributed by atoms with Gasteiger partial charge in [0.25, 0.3) is 0 Å². The number of carbonyl (C=O) groups excluding carboxylic acids is 1. The van der Waals surface area contributed by atoms with Crippen molar-refractivity contribution in [2.45, 2.75) is 37.8 Å². The van der Waals surface area contributed by atoms with Crippen LogP contribution in [-0.2, 0) is 21.1 Å². The highest BCUT2D eigenvalue weighted by atomic mass is 32.2. The number of aryl methyl sites for hydroxylation is 1. The van der Waals surface area contributed by atoms with Gasteiger partial charge in [-0.05, 0) is 37.8 Å². The highest BCUT2D eigenvalue weighted by Gasteiger charge is 2.40. The number of para-hydroxylation sites is 1. The monoisotopic (exact) mass is 308 g/mol. The summed E-state index contributed by atoms with van der Waals surface area (Å²) in [6, 6.07) is 7.67. The lowest BCUT2D eigenvalue weighted by atomic mass is 9.96. The van der Waals surface area contributed by atoms with E-state index in [1.165, 1.54) is 5.56 Å². The average molecular weight is 308 g/mol. The molecule has 2 heterocycles. The van der Waals surface area contributed by atoms with E-state index in [-0.39, 0.29) is 23.5 Å². The fourth-order valence-electron chi connectivity index (χ4n) is 3.13. The molecule has 2 N–H and O–H groups in total. The molecule has 1 aromatic carbocycles. The molecule has 2 aliphatic heterocycles. The van der Waals surface area contributed by atoms with Crippen LogP contribution in [0.5, 0.6) is 0 Å². The Morgan fingerprint density at radius 2 is 2.14 bits per heavy atom. The molecule has 0 bridgehead atoms. The number of sulfone groups is 1. The van der Waals surface area contributed by atoms with E-state index in [9.17, 15) is 13.2 Å². The molecule has 21 heavy (non-hydrogen) atoms. The van der Waals surface area contributed by atoms with Crippen molar-refractivity contribution < 1.29 is 13.2 Å². The van der Waals surface area contributed by atoms with E-state index >= 15 is 0 Å². The van der Waals surface area contributed by atoms with Gasteiger partial charge in [0.15, 0.2) is 9.84 Å². The lowest BCUT2D eigenvalue weighted by molar-refractivity contribution is -0.123. The third-order valence-corrected chi connectivity index (χ3v) is 6.20. The summed E-state index contributed by atoms with van der Waals surface area (Å²) in [6.07, 6.45) is 2.08. The van der Waals surface area contributed by atoms with Crippen molar-refractivity contribution in [3.05, 3.63) is 29.8 Å². The van der Waals surface area contributed by atoms with Crippen LogP contribution in [0, 0.1) is 0 Å². The fraction of sp³-hybridized carbons (Fsp3) is 0.533. The molecular formula is C15H20N2O3S. The molecule has 0 saturated carbocycles. The van der Waals surface area contributed by atoms with E-state index in [2.05, 4.69) is 16.7 Å². The van der Waals surface area contributed by atoms with Gasteiger partial charge in [-0.1, -0.05) is 18.2 Å². The van der Waals surface area contributed by atoms with Crippen molar-refractivity contribution in [1.82, 2.24) is 5.32 Å². The highest BCUT2D eigenvalue weighted by Crippen LogP contribution is 2.26. The Balaban J connectivity index is 1.68. The van der Waals surface area contributed by atoms with Crippen LogP contribution in [0.4, 0.5) is 5.69 Å². The van der Waals surface area contributed by atoms with Gasteiger partial charge >= 0.3 is 0 Å². The summed E-state index contributed by atoms with van der Waals surface area (Å²) >= 11 is 0. The van der Waals surface area contributed by atoms with Crippen LogP contribution in [0.25, 0.3) is 0 Å². The number of carbonyl (C=O) groups is 1. The van der Waals surface area contributed by atoms with E-state index in [1.54, 1.807) is 0 Å². The second-order valence-electron chi connectivity index (χ2n) is 6.28. The first-order valence-electron chi connectivity index (χ1n) is 7.24. The Bertz CT molecular complexity index is 671. The molecule has 6 heteroatoms. The molecule has 2 atom stereocenters. The molecule has 3 rings (SSSR count). The Labute approximate surface area is 125 Å². The first-order chi connectivity index (χ1) is 9.87. The molecule has 1 fully saturated rings. The first-order valence-corrected chi connectivity index (χ1v) is 9.06. The van der Waals surface area contributed by atoms with Crippen molar-refractivity contribution in [3.63, 3.8) is 0 Å². The zero-order chi connectivity index (χ0) is 15.1. The van der Waals surface area contributed by atoms with Gasteiger partial charge in [-0.3, -0.25) is 4.79 Å². The predicted octanol–water partition coefficient (Wildman–Crippen LogP) is 1.11. The predicted molar refractivity (Wildman–Crippen MR) is 82.0 cm³/mol.